The van der Waals surface area contributed by atoms with Crippen LogP contribution in [0.15, 0.2) is 47.5 Å². The molecule has 0 amide bonds. The Labute approximate surface area is 124 Å². The molecule has 4 heteroatoms. The first kappa shape index (κ1) is 14.9. The summed E-state index contributed by atoms with van der Waals surface area (Å²) >= 11 is 1.82. The highest BCUT2D eigenvalue weighted by Crippen LogP contribution is 2.28. The van der Waals surface area contributed by atoms with Crippen LogP contribution in [0.2, 0.25) is 0 Å². The molecule has 106 valence electrons. The first-order valence-electron chi connectivity index (χ1n) is 6.60. The lowest BCUT2D eigenvalue weighted by atomic mass is 10.2. The van der Waals surface area contributed by atoms with Gasteiger partial charge in [-0.2, -0.15) is 0 Å². The van der Waals surface area contributed by atoms with Gasteiger partial charge in [-0.3, -0.25) is 4.98 Å². The molecule has 0 spiro atoms. The third-order valence-corrected chi connectivity index (χ3v) is 4.24. The monoisotopic (exact) mass is 288 g/mol. The number of aromatic nitrogens is 1. The summed E-state index contributed by atoms with van der Waals surface area (Å²) in [5, 5.41) is 3.31. The van der Waals surface area contributed by atoms with Crippen molar-refractivity contribution in [1.29, 1.82) is 0 Å². The van der Waals surface area contributed by atoms with Crippen LogP contribution in [0.25, 0.3) is 0 Å². The highest BCUT2D eigenvalue weighted by Gasteiger charge is 2.15. The van der Waals surface area contributed by atoms with E-state index in [1.54, 1.807) is 13.3 Å². The summed E-state index contributed by atoms with van der Waals surface area (Å²) in [6.45, 7) is 2.10. The van der Waals surface area contributed by atoms with Gasteiger partial charge in [0.05, 0.1) is 18.8 Å². The molecule has 0 aliphatic rings. The number of nitrogens with zero attached hydrogens (tertiary/aromatic N) is 1. The maximum atomic E-state index is 5.38. The summed E-state index contributed by atoms with van der Waals surface area (Å²) in [4.78, 5) is 5.72. The van der Waals surface area contributed by atoms with E-state index >= 15 is 0 Å². The number of rotatable bonds is 6. The van der Waals surface area contributed by atoms with E-state index in [-0.39, 0.29) is 6.04 Å². The van der Waals surface area contributed by atoms with Gasteiger partial charge < -0.3 is 10.1 Å². The molecule has 2 rings (SSSR count). The van der Waals surface area contributed by atoms with Crippen molar-refractivity contribution in [2.45, 2.75) is 17.9 Å². The zero-order chi connectivity index (χ0) is 14.4. The Morgan fingerprint density at radius 1 is 1.25 bits per heavy atom. The van der Waals surface area contributed by atoms with E-state index in [0.29, 0.717) is 0 Å². The van der Waals surface area contributed by atoms with Crippen molar-refractivity contribution in [1.82, 2.24) is 10.3 Å². The second-order valence-corrected chi connectivity index (χ2v) is 5.65. The number of thioether (sulfide) groups is 1. The van der Waals surface area contributed by atoms with Gasteiger partial charge in [-0.1, -0.05) is 17.7 Å². The Balaban J connectivity index is 2.07. The molecule has 0 saturated heterocycles. The zero-order valence-corrected chi connectivity index (χ0v) is 12.9. The van der Waals surface area contributed by atoms with Gasteiger partial charge in [-0.05, 0) is 38.2 Å². The van der Waals surface area contributed by atoms with Crippen LogP contribution in [0.5, 0.6) is 5.75 Å². The van der Waals surface area contributed by atoms with Crippen LogP contribution in [0, 0.1) is 6.92 Å². The summed E-state index contributed by atoms with van der Waals surface area (Å²) in [6.07, 6.45) is 1.80. The predicted octanol–water partition coefficient (Wildman–Crippen LogP) is 3.45. The van der Waals surface area contributed by atoms with Gasteiger partial charge in [0.1, 0.15) is 5.75 Å². The van der Waals surface area contributed by atoms with Crippen molar-refractivity contribution in [3.05, 3.63) is 53.9 Å². The molecule has 20 heavy (non-hydrogen) atoms. The molecule has 1 atom stereocenters. The van der Waals surface area contributed by atoms with Gasteiger partial charge >= 0.3 is 0 Å². The first-order valence-corrected chi connectivity index (χ1v) is 7.58. The van der Waals surface area contributed by atoms with Gasteiger partial charge in [-0.15, -0.1) is 11.8 Å². The van der Waals surface area contributed by atoms with E-state index in [9.17, 15) is 0 Å². The molecule has 0 bridgehead atoms. The molecule has 0 aliphatic carbocycles. The van der Waals surface area contributed by atoms with Crippen LogP contribution in [-0.2, 0) is 0 Å². The van der Waals surface area contributed by atoms with Crippen molar-refractivity contribution in [2.75, 3.05) is 19.9 Å². The molecular formula is C16H20N2OS. The van der Waals surface area contributed by atoms with E-state index in [2.05, 4.69) is 41.5 Å². The van der Waals surface area contributed by atoms with Crippen molar-refractivity contribution < 1.29 is 4.74 Å². The van der Waals surface area contributed by atoms with E-state index in [1.807, 2.05) is 30.9 Å². The number of nitrogens with one attached hydrogen (secondary N) is 1. The molecule has 1 aromatic heterocycles. The minimum atomic E-state index is 0.164. The first-order chi connectivity index (χ1) is 9.74. The Morgan fingerprint density at radius 2 is 2.00 bits per heavy atom. The number of pyridine rings is 1. The van der Waals surface area contributed by atoms with Gasteiger partial charge in [-0.25, -0.2) is 0 Å². The SMILES string of the molecule is CNC(CSc1ccc(C)cc1)c1ncccc1OC. The maximum Gasteiger partial charge on any atom is 0.142 e. The highest BCUT2D eigenvalue weighted by atomic mass is 32.2. The lowest BCUT2D eigenvalue weighted by molar-refractivity contribution is 0.400. The summed E-state index contributed by atoms with van der Waals surface area (Å²) in [5.41, 5.74) is 2.24. The Bertz CT molecular complexity index is 542. The zero-order valence-electron chi connectivity index (χ0n) is 12.1. The molecule has 1 heterocycles. The van der Waals surface area contributed by atoms with E-state index in [4.69, 9.17) is 4.74 Å². The summed E-state index contributed by atoms with van der Waals surface area (Å²) < 4.78 is 5.38. The van der Waals surface area contributed by atoms with E-state index < -0.39 is 0 Å². The number of hydrogen-bond donors (Lipinski definition) is 1. The minimum Gasteiger partial charge on any atom is -0.495 e. The Hall–Kier alpha value is -1.52. The van der Waals surface area contributed by atoms with Gasteiger partial charge in [0.2, 0.25) is 0 Å². The predicted molar refractivity (Wildman–Crippen MR) is 84.5 cm³/mol. The van der Waals surface area contributed by atoms with Crippen molar-refractivity contribution >= 4 is 11.8 Å². The topological polar surface area (TPSA) is 34.2 Å². The lowest BCUT2D eigenvalue weighted by Crippen LogP contribution is -2.20. The quantitative estimate of drug-likeness (QED) is 0.826. The third kappa shape index (κ3) is 3.74. The van der Waals surface area contributed by atoms with Gasteiger partial charge in [0.15, 0.2) is 0 Å². The average molecular weight is 288 g/mol. The summed E-state index contributed by atoms with van der Waals surface area (Å²) in [6, 6.07) is 12.6. The van der Waals surface area contributed by atoms with Crippen molar-refractivity contribution in [3.63, 3.8) is 0 Å². The van der Waals surface area contributed by atoms with Crippen molar-refractivity contribution in [3.8, 4) is 5.75 Å². The molecule has 1 unspecified atom stereocenters. The maximum absolute atomic E-state index is 5.38. The van der Waals surface area contributed by atoms with E-state index in [0.717, 1.165) is 17.2 Å². The highest BCUT2D eigenvalue weighted by molar-refractivity contribution is 7.99. The molecule has 0 fully saturated rings. The molecule has 3 nitrogen and oxygen atoms in total. The molecule has 2 aromatic rings. The van der Waals surface area contributed by atoms with Gasteiger partial charge in [0.25, 0.3) is 0 Å². The third-order valence-electron chi connectivity index (χ3n) is 3.14. The normalized spacial score (nSPS) is 12.2. The minimum absolute atomic E-state index is 0.164. The fraction of sp³-hybridized carbons (Fsp3) is 0.312. The molecule has 0 aliphatic heterocycles. The molecule has 1 aromatic carbocycles. The van der Waals surface area contributed by atoms with E-state index in [1.165, 1.54) is 10.5 Å². The Kier molecular flexibility index (Phi) is 5.44. The van der Waals surface area contributed by atoms with Crippen LogP contribution in [0.1, 0.15) is 17.3 Å². The smallest absolute Gasteiger partial charge is 0.142 e. The number of benzene rings is 1. The van der Waals surface area contributed by atoms with Crippen LogP contribution < -0.4 is 10.1 Å². The molecule has 0 saturated carbocycles. The van der Waals surface area contributed by atoms with Crippen LogP contribution in [-0.4, -0.2) is 24.9 Å². The molecule has 1 N–H and O–H groups in total. The summed E-state index contributed by atoms with van der Waals surface area (Å²) in [5.74, 6) is 1.74. The van der Waals surface area contributed by atoms with Crippen LogP contribution in [0.4, 0.5) is 0 Å². The number of aryl methyl sites for hydroxylation is 1. The number of methoxy groups -OCH3 is 1. The summed E-state index contributed by atoms with van der Waals surface area (Å²) in [7, 11) is 3.63. The van der Waals surface area contributed by atoms with Crippen LogP contribution in [0.3, 0.4) is 0 Å². The molecule has 0 radical (unpaired) electrons. The largest absolute Gasteiger partial charge is 0.495 e. The second-order valence-electron chi connectivity index (χ2n) is 4.56. The Morgan fingerprint density at radius 3 is 2.65 bits per heavy atom. The lowest BCUT2D eigenvalue weighted by Gasteiger charge is -2.17. The standard InChI is InChI=1S/C16H20N2OS/c1-12-6-8-13(9-7-12)20-11-14(17-2)16-15(19-3)5-4-10-18-16/h4-10,14,17H,11H2,1-3H3. The van der Waals surface area contributed by atoms with Crippen molar-refractivity contribution in [2.24, 2.45) is 0 Å². The fourth-order valence-electron chi connectivity index (χ4n) is 1.95. The fourth-order valence-corrected chi connectivity index (χ4v) is 2.96. The second kappa shape index (κ2) is 7.31. The average Bonchev–Trinajstić information content (AvgIpc) is 2.50. The molecular weight excluding hydrogens is 268 g/mol. The number of hydrogen-bond acceptors (Lipinski definition) is 4. The van der Waals surface area contributed by atoms with Gasteiger partial charge in [0, 0.05) is 16.8 Å². The number of ether oxygens (including phenoxy) is 1. The van der Waals surface area contributed by atoms with Crippen LogP contribution >= 0.6 is 11.8 Å².